The van der Waals surface area contributed by atoms with Gasteiger partial charge < -0.3 is 5.32 Å². The quantitative estimate of drug-likeness (QED) is 0.856. The molecule has 0 aliphatic rings. The predicted molar refractivity (Wildman–Crippen MR) is 70.2 cm³/mol. The lowest BCUT2D eigenvalue weighted by Gasteiger charge is -2.14. The van der Waals surface area contributed by atoms with Crippen LogP contribution < -0.4 is 5.32 Å². The molecule has 2 aromatic heterocycles. The van der Waals surface area contributed by atoms with Crippen molar-refractivity contribution in [1.82, 2.24) is 20.1 Å². The van der Waals surface area contributed by atoms with Crippen molar-refractivity contribution < 1.29 is 0 Å². The van der Waals surface area contributed by atoms with Gasteiger partial charge in [0.1, 0.15) is 0 Å². The van der Waals surface area contributed by atoms with Crippen LogP contribution in [-0.2, 0) is 6.54 Å². The van der Waals surface area contributed by atoms with Gasteiger partial charge >= 0.3 is 0 Å². The van der Waals surface area contributed by atoms with Crippen LogP contribution in [0.25, 0.3) is 0 Å². The van der Waals surface area contributed by atoms with E-state index in [1.807, 2.05) is 16.4 Å². The Morgan fingerprint density at radius 2 is 2.35 bits per heavy atom. The summed E-state index contributed by atoms with van der Waals surface area (Å²) in [6.07, 6.45) is 5.13. The Labute approximate surface area is 106 Å². The first kappa shape index (κ1) is 12.3. The number of nitrogens with one attached hydrogen (secondary N) is 1. The molecule has 0 aliphatic carbocycles. The van der Waals surface area contributed by atoms with Gasteiger partial charge in [-0.15, -0.1) is 11.3 Å². The molecule has 0 radical (unpaired) electrons. The van der Waals surface area contributed by atoms with Crippen molar-refractivity contribution in [1.29, 1.82) is 0 Å². The Hall–Kier alpha value is -1.20. The van der Waals surface area contributed by atoms with E-state index < -0.39 is 0 Å². The van der Waals surface area contributed by atoms with E-state index in [4.69, 9.17) is 0 Å². The molecule has 0 aliphatic heterocycles. The number of aromatic nitrogens is 3. The minimum Gasteiger partial charge on any atom is -0.305 e. The maximum atomic E-state index is 4.40. The summed E-state index contributed by atoms with van der Waals surface area (Å²) < 4.78 is 1.95. The maximum absolute atomic E-state index is 4.40. The smallest absolute Gasteiger partial charge is 0.0795 e. The van der Waals surface area contributed by atoms with Crippen molar-refractivity contribution in [3.05, 3.63) is 34.5 Å². The number of nitrogens with zero attached hydrogens (tertiary/aromatic N) is 3. The third-order valence-corrected chi connectivity index (χ3v) is 3.26. The molecule has 0 aromatic carbocycles. The van der Waals surface area contributed by atoms with Gasteiger partial charge in [-0.1, -0.05) is 6.92 Å². The molecule has 0 bridgehead atoms. The Bertz CT molecular complexity index is 435. The standard InChI is InChI=1S/C12H18N4S/c1-3-5-13-12(11-8-17-9-14-11)10-6-15-16(4-2)7-10/h6-9,12-13H,3-5H2,1-2H3. The number of hydrogen-bond acceptors (Lipinski definition) is 4. The van der Waals surface area contributed by atoms with Gasteiger partial charge in [0.2, 0.25) is 0 Å². The molecule has 0 saturated heterocycles. The van der Waals surface area contributed by atoms with Gasteiger partial charge in [0.15, 0.2) is 0 Å². The molecule has 2 aromatic rings. The number of aryl methyl sites for hydroxylation is 1. The normalized spacial score (nSPS) is 12.8. The van der Waals surface area contributed by atoms with E-state index in [1.54, 1.807) is 11.3 Å². The monoisotopic (exact) mass is 250 g/mol. The zero-order chi connectivity index (χ0) is 12.1. The summed E-state index contributed by atoms with van der Waals surface area (Å²) in [4.78, 5) is 4.40. The van der Waals surface area contributed by atoms with E-state index in [0.29, 0.717) is 0 Å². The highest BCUT2D eigenvalue weighted by Gasteiger charge is 2.16. The van der Waals surface area contributed by atoms with Gasteiger partial charge in [0.05, 0.1) is 23.4 Å². The Morgan fingerprint density at radius 1 is 1.47 bits per heavy atom. The molecule has 1 N–H and O–H groups in total. The second-order valence-electron chi connectivity index (χ2n) is 3.93. The average molecular weight is 250 g/mol. The summed E-state index contributed by atoms with van der Waals surface area (Å²) >= 11 is 1.63. The van der Waals surface area contributed by atoms with E-state index in [1.165, 1.54) is 5.56 Å². The van der Waals surface area contributed by atoms with E-state index in [2.05, 4.69) is 40.8 Å². The van der Waals surface area contributed by atoms with Crippen LogP contribution in [0.15, 0.2) is 23.3 Å². The predicted octanol–water partition coefficient (Wildman–Crippen LogP) is 2.45. The Balaban J connectivity index is 2.20. The molecule has 92 valence electrons. The van der Waals surface area contributed by atoms with Gasteiger partial charge in [0, 0.05) is 23.7 Å². The highest BCUT2D eigenvalue weighted by molar-refractivity contribution is 7.07. The van der Waals surface area contributed by atoms with Crippen LogP contribution in [0.5, 0.6) is 0 Å². The Kier molecular flexibility index (Phi) is 4.28. The summed E-state index contributed by atoms with van der Waals surface area (Å²) in [7, 11) is 0. The maximum Gasteiger partial charge on any atom is 0.0795 e. The zero-order valence-electron chi connectivity index (χ0n) is 10.3. The van der Waals surface area contributed by atoms with Crippen LogP contribution in [0.4, 0.5) is 0 Å². The van der Waals surface area contributed by atoms with E-state index in [-0.39, 0.29) is 6.04 Å². The van der Waals surface area contributed by atoms with E-state index >= 15 is 0 Å². The third-order valence-electron chi connectivity index (χ3n) is 2.66. The lowest BCUT2D eigenvalue weighted by molar-refractivity contribution is 0.587. The minimum absolute atomic E-state index is 0.168. The second-order valence-corrected chi connectivity index (χ2v) is 4.65. The van der Waals surface area contributed by atoms with Crippen molar-refractivity contribution in [2.45, 2.75) is 32.9 Å². The van der Waals surface area contributed by atoms with Gasteiger partial charge in [-0.05, 0) is 19.9 Å². The first-order valence-corrected chi connectivity index (χ1v) is 6.93. The van der Waals surface area contributed by atoms with Gasteiger partial charge in [-0.3, -0.25) is 4.68 Å². The SMILES string of the molecule is CCCNC(c1cnn(CC)c1)c1cscn1. The molecular weight excluding hydrogens is 232 g/mol. The van der Waals surface area contributed by atoms with Crippen LogP contribution in [-0.4, -0.2) is 21.3 Å². The van der Waals surface area contributed by atoms with Crippen LogP contribution >= 0.6 is 11.3 Å². The molecular formula is C12H18N4S. The van der Waals surface area contributed by atoms with Crippen molar-refractivity contribution in [3.8, 4) is 0 Å². The highest BCUT2D eigenvalue weighted by Crippen LogP contribution is 2.21. The molecule has 0 amide bonds. The molecule has 2 rings (SSSR count). The molecule has 1 unspecified atom stereocenters. The van der Waals surface area contributed by atoms with Crippen LogP contribution in [0.3, 0.4) is 0 Å². The van der Waals surface area contributed by atoms with Gasteiger partial charge in [0.25, 0.3) is 0 Å². The topological polar surface area (TPSA) is 42.7 Å². The first-order valence-electron chi connectivity index (χ1n) is 5.99. The van der Waals surface area contributed by atoms with Crippen molar-refractivity contribution >= 4 is 11.3 Å². The van der Waals surface area contributed by atoms with E-state index in [9.17, 15) is 0 Å². The number of hydrogen-bond donors (Lipinski definition) is 1. The van der Waals surface area contributed by atoms with Gasteiger partial charge in [-0.25, -0.2) is 4.98 Å². The highest BCUT2D eigenvalue weighted by atomic mass is 32.1. The number of rotatable bonds is 6. The van der Waals surface area contributed by atoms with E-state index in [0.717, 1.165) is 25.2 Å². The zero-order valence-corrected chi connectivity index (χ0v) is 11.1. The van der Waals surface area contributed by atoms with Crippen molar-refractivity contribution in [2.24, 2.45) is 0 Å². The Morgan fingerprint density at radius 3 is 2.94 bits per heavy atom. The fraction of sp³-hybridized carbons (Fsp3) is 0.500. The summed E-state index contributed by atoms with van der Waals surface area (Å²) in [5.74, 6) is 0. The molecule has 17 heavy (non-hydrogen) atoms. The number of thiazole rings is 1. The minimum atomic E-state index is 0.168. The van der Waals surface area contributed by atoms with Crippen LogP contribution in [0.2, 0.25) is 0 Å². The second kappa shape index (κ2) is 5.93. The lowest BCUT2D eigenvalue weighted by atomic mass is 10.1. The largest absolute Gasteiger partial charge is 0.305 e. The van der Waals surface area contributed by atoms with Crippen LogP contribution in [0, 0.1) is 0 Å². The molecule has 4 nitrogen and oxygen atoms in total. The summed E-state index contributed by atoms with van der Waals surface area (Å²) in [5.41, 5.74) is 4.14. The lowest BCUT2D eigenvalue weighted by Crippen LogP contribution is -2.23. The van der Waals surface area contributed by atoms with Crippen molar-refractivity contribution in [2.75, 3.05) is 6.54 Å². The fourth-order valence-electron chi connectivity index (χ4n) is 1.75. The fourth-order valence-corrected chi connectivity index (χ4v) is 2.33. The summed E-state index contributed by atoms with van der Waals surface area (Å²) in [5, 5.41) is 9.94. The molecule has 0 spiro atoms. The molecule has 0 fully saturated rings. The van der Waals surface area contributed by atoms with Gasteiger partial charge in [-0.2, -0.15) is 5.10 Å². The average Bonchev–Trinajstić information content (AvgIpc) is 3.00. The third kappa shape index (κ3) is 2.92. The molecule has 1 atom stereocenters. The summed E-state index contributed by atoms with van der Waals surface area (Å²) in [6, 6.07) is 0.168. The molecule has 2 heterocycles. The first-order chi connectivity index (χ1) is 8.35. The molecule has 5 heteroatoms. The van der Waals surface area contributed by atoms with Crippen molar-refractivity contribution in [3.63, 3.8) is 0 Å². The van der Waals surface area contributed by atoms with Crippen LogP contribution in [0.1, 0.15) is 37.6 Å². The molecule has 0 saturated carbocycles. The summed E-state index contributed by atoms with van der Waals surface area (Å²) in [6.45, 7) is 6.14.